The number of urea groups is 1. The zero-order valence-corrected chi connectivity index (χ0v) is 13.0. The number of carboxylic acids is 1. The summed E-state index contributed by atoms with van der Waals surface area (Å²) in [5, 5.41) is 14.8. The Morgan fingerprint density at radius 3 is 2.62 bits per heavy atom. The van der Waals surface area contributed by atoms with Crippen molar-refractivity contribution in [2.24, 2.45) is 11.8 Å². The largest absolute Gasteiger partial charge is 0.481 e. The molecule has 0 heterocycles. The number of amides is 2. The maximum absolute atomic E-state index is 11.8. The second-order valence-electron chi connectivity index (χ2n) is 5.44. The normalized spacial score (nSPS) is 12.0. The predicted molar refractivity (Wildman–Crippen MR) is 83.7 cm³/mol. The van der Waals surface area contributed by atoms with Crippen molar-refractivity contribution in [1.82, 2.24) is 5.32 Å². The molecule has 1 aromatic carbocycles. The van der Waals surface area contributed by atoms with E-state index in [1.54, 1.807) is 24.3 Å². The molecule has 2 amide bonds. The summed E-state index contributed by atoms with van der Waals surface area (Å²) in [6.45, 7) is 4.39. The number of aliphatic carboxylic acids is 1. The first-order valence-corrected chi connectivity index (χ1v) is 7.26. The molecule has 6 heteroatoms. The van der Waals surface area contributed by atoms with Gasteiger partial charge in [0.25, 0.3) is 0 Å². The average molecular weight is 313 g/mol. The summed E-state index contributed by atoms with van der Waals surface area (Å²) in [7, 11) is 0. The van der Waals surface area contributed by atoms with Gasteiger partial charge in [-0.15, -0.1) is 0 Å². The van der Waals surface area contributed by atoms with Crippen molar-refractivity contribution in [1.29, 1.82) is 0 Å². The van der Waals surface area contributed by atoms with E-state index in [0.29, 0.717) is 23.2 Å². The maximum atomic E-state index is 11.8. The van der Waals surface area contributed by atoms with Gasteiger partial charge in [-0.05, 0) is 36.5 Å². The van der Waals surface area contributed by atoms with Crippen molar-refractivity contribution in [3.63, 3.8) is 0 Å². The molecule has 0 aromatic heterocycles. The first-order valence-electron chi connectivity index (χ1n) is 6.89. The van der Waals surface area contributed by atoms with Crippen LogP contribution in [0.5, 0.6) is 0 Å². The SMILES string of the molecule is CC(C)C[C@H](CNC(=O)Nc1cccc(Cl)c1)CC(=O)O. The molecular formula is C15H21ClN2O3. The first kappa shape index (κ1) is 17.3. The lowest BCUT2D eigenvalue weighted by Gasteiger charge is -2.18. The summed E-state index contributed by atoms with van der Waals surface area (Å²) in [6, 6.07) is 6.47. The van der Waals surface area contributed by atoms with Crippen LogP contribution in [0.1, 0.15) is 26.7 Å². The van der Waals surface area contributed by atoms with E-state index in [4.69, 9.17) is 16.7 Å². The number of carbonyl (C=O) groups is 2. The quantitative estimate of drug-likeness (QED) is 0.719. The van der Waals surface area contributed by atoms with Gasteiger partial charge in [-0.3, -0.25) is 4.79 Å². The fraction of sp³-hybridized carbons (Fsp3) is 0.467. The number of carbonyl (C=O) groups excluding carboxylic acids is 1. The molecule has 1 aromatic rings. The molecule has 0 aliphatic rings. The van der Waals surface area contributed by atoms with Crippen molar-refractivity contribution in [2.75, 3.05) is 11.9 Å². The van der Waals surface area contributed by atoms with Crippen LogP contribution in [0.3, 0.4) is 0 Å². The lowest BCUT2D eigenvalue weighted by Crippen LogP contribution is -2.34. The van der Waals surface area contributed by atoms with Crippen molar-refractivity contribution in [3.8, 4) is 0 Å². The highest BCUT2D eigenvalue weighted by Gasteiger charge is 2.16. The molecule has 21 heavy (non-hydrogen) atoms. The molecule has 0 fully saturated rings. The van der Waals surface area contributed by atoms with Gasteiger partial charge in [-0.25, -0.2) is 4.79 Å². The number of benzene rings is 1. The van der Waals surface area contributed by atoms with E-state index in [2.05, 4.69) is 10.6 Å². The topological polar surface area (TPSA) is 78.4 Å². The minimum Gasteiger partial charge on any atom is -0.481 e. The van der Waals surface area contributed by atoms with Gasteiger partial charge in [-0.1, -0.05) is 31.5 Å². The second kappa shape index (κ2) is 8.52. The molecule has 116 valence electrons. The number of hydrogen-bond donors (Lipinski definition) is 3. The third-order valence-electron chi connectivity index (χ3n) is 2.90. The van der Waals surface area contributed by atoms with E-state index >= 15 is 0 Å². The Bertz CT molecular complexity index is 492. The third kappa shape index (κ3) is 7.56. The standard InChI is InChI=1S/C15H21ClN2O3/c1-10(2)6-11(7-14(19)20)9-17-15(21)18-13-5-3-4-12(16)8-13/h3-5,8,10-11H,6-7,9H2,1-2H3,(H,19,20)(H2,17,18,21)/t11-/m0/s1. The molecule has 0 bridgehead atoms. The molecule has 0 radical (unpaired) electrons. The first-order chi connectivity index (χ1) is 9.86. The molecular weight excluding hydrogens is 292 g/mol. The number of rotatable bonds is 7. The van der Waals surface area contributed by atoms with Crippen LogP contribution < -0.4 is 10.6 Å². The van der Waals surface area contributed by atoms with Gasteiger partial charge in [0.05, 0.1) is 0 Å². The van der Waals surface area contributed by atoms with Crippen LogP contribution in [-0.2, 0) is 4.79 Å². The highest BCUT2D eigenvalue weighted by molar-refractivity contribution is 6.30. The zero-order valence-electron chi connectivity index (χ0n) is 12.2. The lowest BCUT2D eigenvalue weighted by atomic mass is 9.94. The summed E-state index contributed by atoms with van der Waals surface area (Å²) in [5.41, 5.74) is 0.596. The Balaban J connectivity index is 2.47. The molecule has 0 spiro atoms. The van der Waals surface area contributed by atoms with E-state index in [9.17, 15) is 9.59 Å². The molecule has 0 saturated heterocycles. The van der Waals surface area contributed by atoms with Crippen LogP contribution in [0.2, 0.25) is 5.02 Å². The highest BCUT2D eigenvalue weighted by Crippen LogP contribution is 2.16. The predicted octanol–water partition coefficient (Wildman–Crippen LogP) is 3.60. The van der Waals surface area contributed by atoms with E-state index < -0.39 is 5.97 Å². The Hall–Kier alpha value is -1.75. The fourth-order valence-corrected chi connectivity index (χ4v) is 2.32. The summed E-state index contributed by atoms with van der Waals surface area (Å²) >= 11 is 5.83. The number of carboxylic acid groups (broad SMARTS) is 1. The number of anilines is 1. The third-order valence-corrected chi connectivity index (χ3v) is 3.14. The van der Waals surface area contributed by atoms with Crippen LogP contribution in [0, 0.1) is 11.8 Å². The van der Waals surface area contributed by atoms with Gasteiger partial charge in [-0.2, -0.15) is 0 Å². The number of hydrogen-bond acceptors (Lipinski definition) is 2. The number of halogens is 1. The molecule has 0 aliphatic heterocycles. The van der Waals surface area contributed by atoms with Gasteiger partial charge in [0, 0.05) is 23.7 Å². The van der Waals surface area contributed by atoms with Crippen molar-refractivity contribution < 1.29 is 14.7 Å². The maximum Gasteiger partial charge on any atom is 0.319 e. The minimum atomic E-state index is -0.849. The van der Waals surface area contributed by atoms with E-state index in [0.717, 1.165) is 6.42 Å². The molecule has 0 aliphatic carbocycles. The van der Waals surface area contributed by atoms with E-state index in [1.165, 1.54) is 0 Å². The van der Waals surface area contributed by atoms with Crippen LogP contribution in [0.25, 0.3) is 0 Å². The molecule has 1 atom stereocenters. The van der Waals surface area contributed by atoms with Crippen LogP contribution in [-0.4, -0.2) is 23.7 Å². The van der Waals surface area contributed by atoms with Gasteiger partial charge in [0.1, 0.15) is 0 Å². The Kier molecular flexibility index (Phi) is 7.02. The number of nitrogens with one attached hydrogen (secondary N) is 2. The van der Waals surface area contributed by atoms with E-state index in [1.807, 2.05) is 13.8 Å². The monoisotopic (exact) mass is 312 g/mol. The summed E-state index contributed by atoms with van der Waals surface area (Å²) < 4.78 is 0. The molecule has 3 N–H and O–H groups in total. The molecule has 1 rings (SSSR count). The summed E-state index contributed by atoms with van der Waals surface area (Å²) in [5.74, 6) is -0.544. The van der Waals surface area contributed by atoms with Gasteiger partial charge in [0.15, 0.2) is 0 Å². The smallest absolute Gasteiger partial charge is 0.319 e. The van der Waals surface area contributed by atoms with Crippen LogP contribution in [0.4, 0.5) is 10.5 Å². The fourth-order valence-electron chi connectivity index (χ4n) is 2.13. The van der Waals surface area contributed by atoms with Gasteiger partial charge in [0.2, 0.25) is 0 Å². The van der Waals surface area contributed by atoms with Crippen LogP contribution in [0.15, 0.2) is 24.3 Å². The minimum absolute atomic E-state index is 0.0512. The van der Waals surface area contributed by atoms with Gasteiger partial charge < -0.3 is 15.7 Å². The average Bonchev–Trinajstić information content (AvgIpc) is 2.34. The molecule has 0 unspecified atom stereocenters. The molecule has 5 nitrogen and oxygen atoms in total. The highest BCUT2D eigenvalue weighted by atomic mass is 35.5. The second-order valence-corrected chi connectivity index (χ2v) is 5.88. The Morgan fingerprint density at radius 1 is 1.33 bits per heavy atom. The summed E-state index contributed by atoms with van der Waals surface area (Å²) in [4.78, 5) is 22.6. The van der Waals surface area contributed by atoms with Crippen molar-refractivity contribution in [3.05, 3.63) is 29.3 Å². The molecule has 0 saturated carbocycles. The lowest BCUT2D eigenvalue weighted by molar-refractivity contribution is -0.138. The Labute approximate surface area is 129 Å². The van der Waals surface area contributed by atoms with Crippen LogP contribution >= 0.6 is 11.6 Å². The van der Waals surface area contributed by atoms with E-state index in [-0.39, 0.29) is 18.4 Å². The Morgan fingerprint density at radius 2 is 2.05 bits per heavy atom. The van der Waals surface area contributed by atoms with Gasteiger partial charge >= 0.3 is 12.0 Å². The zero-order chi connectivity index (χ0) is 15.8. The van der Waals surface area contributed by atoms with Crippen molar-refractivity contribution in [2.45, 2.75) is 26.7 Å². The van der Waals surface area contributed by atoms with Crippen molar-refractivity contribution >= 4 is 29.3 Å². The summed E-state index contributed by atoms with van der Waals surface area (Å²) in [6.07, 6.45) is 0.805.